The molecule has 0 aromatic heterocycles. The lowest BCUT2D eigenvalue weighted by molar-refractivity contribution is -0.116. The molecule has 104 valence electrons. The van der Waals surface area contributed by atoms with E-state index >= 15 is 0 Å². The maximum atomic E-state index is 12.0. The molecule has 1 unspecified atom stereocenters. The minimum Gasteiger partial charge on any atom is -0.326 e. The lowest BCUT2D eigenvalue weighted by Gasteiger charge is -2.13. The van der Waals surface area contributed by atoms with E-state index in [1.54, 1.807) is 0 Å². The van der Waals surface area contributed by atoms with Crippen molar-refractivity contribution in [2.45, 2.75) is 19.4 Å². The van der Waals surface area contributed by atoms with Crippen molar-refractivity contribution in [2.75, 3.05) is 5.32 Å². The first-order valence-corrected chi connectivity index (χ1v) is 7.22. The van der Waals surface area contributed by atoms with Gasteiger partial charge in [-0.1, -0.05) is 46.3 Å². The summed E-state index contributed by atoms with van der Waals surface area (Å²) in [5, 5.41) is 2.90. The summed E-state index contributed by atoms with van der Waals surface area (Å²) in [5.74, 6) is -0.0771. The zero-order chi connectivity index (χ0) is 14.5. The molecule has 0 saturated heterocycles. The number of aryl methyl sites for hydroxylation is 1. The minimum atomic E-state index is -0.285. The Hall–Kier alpha value is -1.65. The number of benzene rings is 2. The van der Waals surface area contributed by atoms with Crippen LogP contribution in [0, 0.1) is 6.92 Å². The first-order valence-electron chi connectivity index (χ1n) is 6.43. The van der Waals surface area contributed by atoms with Crippen LogP contribution in [0.25, 0.3) is 0 Å². The molecule has 0 fully saturated rings. The third-order valence-corrected chi connectivity index (χ3v) is 3.59. The Morgan fingerprint density at radius 2 is 1.95 bits per heavy atom. The molecule has 0 aliphatic heterocycles. The highest BCUT2D eigenvalue weighted by Crippen LogP contribution is 2.21. The summed E-state index contributed by atoms with van der Waals surface area (Å²) in [6.07, 6.45) is 0.263. The van der Waals surface area contributed by atoms with Crippen molar-refractivity contribution in [3.05, 3.63) is 64.1 Å². The van der Waals surface area contributed by atoms with E-state index in [0.29, 0.717) is 0 Å². The Kier molecular flexibility index (Phi) is 4.93. The van der Waals surface area contributed by atoms with Crippen molar-refractivity contribution in [3.63, 3.8) is 0 Å². The largest absolute Gasteiger partial charge is 0.326 e. The van der Waals surface area contributed by atoms with Gasteiger partial charge in [-0.25, -0.2) is 0 Å². The monoisotopic (exact) mass is 332 g/mol. The Labute approximate surface area is 127 Å². The number of carbonyl (C=O) groups excluding carboxylic acids is 1. The molecule has 2 rings (SSSR count). The molecular weight excluding hydrogens is 316 g/mol. The minimum absolute atomic E-state index is 0.0771. The van der Waals surface area contributed by atoms with Crippen LogP contribution in [0.4, 0.5) is 5.69 Å². The molecule has 0 aliphatic rings. The predicted octanol–water partition coefficient (Wildman–Crippen LogP) is 3.79. The van der Waals surface area contributed by atoms with E-state index in [4.69, 9.17) is 5.73 Å². The average Bonchev–Trinajstić information content (AvgIpc) is 2.43. The van der Waals surface area contributed by atoms with E-state index in [0.717, 1.165) is 21.3 Å². The molecule has 0 bridgehead atoms. The van der Waals surface area contributed by atoms with Crippen LogP contribution in [-0.4, -0.2) is 5.91 Å². The van der Waals surface area contributed by atoms with Gasteiger partial charge in [0.1, 0.15) is 0 Å². The van der Waals surface area contributed by atoms with Crippen molar-refractivity contribution in [3.8, 4) is 0 Å². The molecule has 4 heteroatoms. The van der Waals surface area contributed by atoms with Gasteiger partial charge >= 0.3 is 0 Å². The number of nitrogens with two attached hydrogens (primary N) is 1. The van der Waals surface area contributed by atoms with Gasteiger partial charge in [0.25, 0.3) is 0 Å². The summed E-state index contributed by atoms with van der Waals surface area (Å²) in [6.45, 7) is 1.96. The molecule has 1 atom stereocenters. The lowest BCUT2D eigenvalue weighted by Crippen LogP contribution is -2.20. The van der Waals surface area contributed by atoms with Crippen molar-refractivity contribution in [1.29, 1.82) is 0 Å². The van der Waals surface area contributed by atoms with Crippen LogP contribution in [0.1, 0.15) is 23.6 Å². The molecule has 3 nitrogen and oxygen atoms in total. The lowest BCUT2D eigenvalue weighted by atomic mass is 10.0. The second kappa shape index (κ2) is 6.68. The zero-order valence-electron chi connectivity index (χ0n) is 11.3. The fourth-order valence-electron chi connectivity index (χ4n) is 1.99. The third kappa shape index (κ3) is 3.92. The highest BCUT2D eigenvalue weighted by Gasteiger charge is 2.12. The van der Waals surface area contributed by atoms with Crippen LogP contribution in [-0.2, 0) is 4.79 Å². The Balaban J connectivity index is 1.99. The SMILES string of the molecule is Cc1cc(Br)ccc1NC(=O)CC(N)c1ccccc1. The number of hydrogen-bond donors (Lipinski definition) is 2. The highest BCUT2D eigenvalue weighted by molar-refractivity contribution is 9.10. The summed E-state index contributed by atoms with van der Waals surface area (Å²) < 4.78 is 0.994. The summed E-state index contributed by atoms with van der Waals surface area (Å²) in [5.41, 5.74) is 8.84. The summed E-state index contributed by atoms with van der Waals surface area (Å²) in [4.78, 5) is 12.0. The van der Waals surface area contributed by atoms with Crippen LogP contribution in [0.15, 0.2) is 53.0 Å². The number of hydrogen-bond acceptors (Lipinski definition) is 2. The first-order chi connectivity index (χ1) is 9.56. The van der Waals surface area contributed by atoms with E-state index in [2.05, 4.69) is 21.2 Å². The third-order valence-electron chi connectivity index (χ3n) is 3.10. The van der Waals surface area contributed by atoms with E-state index in [9.17, 15) is 4.79 Å². The first kappa shape index (κ1) is 14.8. The number of rotatable bonds is 4. The van der Waals surface area contributed by atoms with Gasteiger partial charge in [-0.05, 0) is 36.2 Å². The number of amides is 1. The fourth-order valence-corrected chi connectivity index (χ4v) is 2.46. The van der Waals surface area contributed by atoms with E-state index in [-0.39, 0.29) is 18.4 Å². The van der Waals surface area contributed by atoms with Crippen molar-refractivity contribution >= 4 is 27.5 Å². The zero-order valence-corrected chi connectivity index (χ0v) is 12.9. The summed E-state index contributed by atoms with van der Waals surface area (Å²) in [6, 6.07) is 15.1. The van der Waals surface area contributed by atoms with Crippen LogP contribution in [0.3, 0.4) is 0 Å². The average molecular weight is 333 g/mol. The molecule has 0 aliphatic carbocycles. The van der Waals surface area contributed by atoms with Gasteiger partial charge < -0.3 is 11.1 Å². The molecule has 2 aromatic carbocycles. The molecule has 2 aromatic rings. The predicted molar refractivity (Wildman–Crippen MR) is 85.5 cm³/mol. The standard InChI is InChI=1S/C16H17BrN2O/c1-11-9-13(17)7-8-15(11)19-16(20)10-14(18)12-5-3-2-4-6-12/h2-9,14H,10,18H2,1H3,(H,19,20). The van der Waals surface area contributed by atoms with E-state index in [1.807, 2.05) is 55.5 Å². The normalized spacial score (nSPS) is 11.9. The van der Waals surface area contributed by atoms with Crippen LogP contribution in [0.2, 0.25) is 0 Å². The van der Waals surface area contributed by atoms with Gasteiger partial charge in [0.15, 0.2) is 0 Å². The van der Waals surface area contributed by atoms with Crippen LogP contribution < -0.4 is 11.1 Å². The number of anilines is 1. The van der Waals surface area contributed by atoms with Crippen molar-refractivity contribution in [1.82, 2.24) is 0 Å². The number of halogens is 1. The van der Waals surface area contributed by atoms with Gasteiger partial charge in [0, 0.05) is 22.6 Å². The molecule has 0 saturated carbocycles. The molecule has 3 N–H and O–H groups in total. The number of nitrogens with one attached hydrogen (secondary N) is 1. The smallest absolute Gasteiger partial charge is 0.226 e. The summed E-state index contributed by atoms with van der Waals surface area (Å²) >= 11 is 3.40. The molecular formula is C16H17BrN2O. The molecule has 0 radical (unpaired) electrons. The van der Waals surface area contributed by atoms with Gasteiger partial charge in [0.2, 0.25) is 5.91 Å². The number of carbonyl (C=O) groups is 1. The highest BCUT2D eigenvalue weighted by atomic mass is 79.9. The molecule has 0 heterocycles. The van der Waals surface area contributed by atoms with Gasteiger partial charge in [-0.2, -0.15) is 0 Å². The van der Waals surface area contributed by atoms with Gasteiger partial charge in [-0.15, -0.1) is 0 Å². The Morgan fingerprint density at radius 3 is 2.60 bits per heavy atom. The van der Waals surface area contributed by atoms with Gasteiger partial charge in [-0.3, -0.25) is 4.79 Å². The Morgan fingerprint density at radius 1 is 1.25 bits per heavy atom. The van der Waals surface area contributed by atoms with Crippen LogP contribution >= 0.6 is 15.9 Å². The van der Waals surface area contributed by atoms with Crippen molar-refractivity contribution < 1.29 is 4.79 Å². The topological polar surface area (TPSA) is 55.1 Å². The maximum Gasteiger partial charge on any atom is 0.226 e. The van der Waals surface area contributed by atoms with E-state index < -0.39 is 0 Å². The van der Waals surface area contributed by atoms with Crippen LogP contribution in [0.5, 0.6) is 0 Å². The Bertz CT molecular complexity index is 599. The molecule has 20 heavy (non-hydrogen) atoms. The summed E-state index contributed by atoms with van der Waals surface area (Å²) in [7, 11) is 0. The van der Waals surface area contributed by atoms with Crippen molar-refractivity contribution in [2.24, 2.45) is 5.73 Å². The van der Waals surface area contributed by atoms with Gasteiger partial charge in [0.05, 0.1) is 0 Å². The molecule has 1 amide bonds. The maximum absolute atomic E-state index is 12.0. The molecule has 0 spiro atoms. The van der Waals surface area contributed by atoms with E-state index in [1.165, 1.54) is 0 Å². The fraction of sp³-hybridized carbons (Fsp3) is 0.188. The second-order valence-electron chi connectivity index (χ2n) is 4.73. The second-order valence-corrected chi connectivity index (χ2v) is 5.64. The quantitative estimate of drug-likeness (QED) is 0.894.